The molecular formula is C11H10N4. The molecule has 0 unspecified atom stereocenters. The van der Waals surface area contributed by atoms with E-state index in [9.17, 15) is 0 Å². The maximum absolute atomic E-state index is 4.47. The normalized spacial score (nSPS) is 11.0. The molecule has 0 amide bonds. The van der Waals surface area contributed by atoms with Gasteiger partial charge in [-0.1, -0.05) is 0 Å². The summed E-state index contributed by atoms with van der Waals surface area (Å²) in [7, 11) is 0. The van der Waals surface area contributed by atoms with Gasteiger partial charge in [0.2, 0.25) is 0 Å². The highest BCUT2D eigenvalue weighted by atomic mass is 15.2. The highest BCUT2D eigenvalue weighted by molar-refractivity contribution is 5.59. The fourth-order valence-electron chi connectivity index (χ4n) is 1.64. The van der Waals surface area contributed by atoms with Gasteiger partial charge in [0.15, 0.2) is 5.65 Å². The second-order valence-corrected chi connectivity index (χ2v) is 3.50. The lowest BCUT2D eigenvalue weighted by Gasteiger charge is -1.97. The van der Waals surface area contributed by atoms with Gasteiger partial charge in [0.25, 0.3) is 0 Å². The molecule has 1 N–H and O–H groups in total. The Morgan fingerprint density at radius 3 is 3.00 bits per heavy atom. The van der Waals surface area contributed by atoms with E-state index in [-0.39, 0.29) is 0 Å². The number of nitrogens with zero attached hydrogens (tertiary/aromatic N) is 3. The monoisotopic (exact) mass is 198 g/mol. The number of fused-ring (bicyclic) bond motifs is 1. The van der Waals surface area contributed by atoms with Crippen molar-refractivity contribution in [3.63, 3.8) is 0 Å². The van der Waals surface area contributed by atoms with Crippen LogP contribution in [0.1, 0.15) is 5.69 Å². The largest absolute Gasteiger partial charge is 0.367 e. The minimum absolute atomic E-state index is 0.881. The molecule has 15 heavy (non-hydrogen) atoms. The van der Waals surface area contributed by atoms with Gasteiger partial charge in [0, 0.05) is 18.0 Å². The summed E-state index contributed by atoms with van der Waals surface area (Å²) >= 11 is 0. The molecule has 0 spiro atoms. The molecule has 0 saturated carbocycles. The summed E-state index contributed by atoms with van der Waals surface area (Å²) in [5.74, 6) is 0. The van der Waals surface area contributed by atoms with Crippen LogP contribution in [0.25, 0.3) is 16.9 Å². The molecule has 0 bridgehead atoms. The molecule has 4 nitrogen and oxygen atoms in total. The van der Waals surface area contributed by atoms with Gasteiger partial charge in [0.1, 0.15) is 0 Å². The van der Waals surface area contributed by atoms with Crippen LogP contribution in [0.4, 0.5) is 0 Å². The summed E-state index contributed by atoms with van der Waals surface area (Å²) in [5, 5.41) is 4.47. The van der Waals surface area contributed by atoms with Crippen molar-refractivity contribution in [2.75, 3.05) is 0 Å². The summed E-state index contributed by atoms with van der Waals surface area (Å²) in [6, 6.07) is 5.95. The maximum Gasteiger partial charge on any atom is 0.153 e. The smallest absolute Gasteiger partial charge is 0.153 e. The van der Waals surface area contributed by atoms with Crippen LogP contribution >= 0.6 is 0 Å². The van der Waals surface area contributed by atoms with E-state index < -0.39 is 0 Å². The van der Waals surface area contributed by atoms with Crippen LogP contribution in [0.3, 0.4) is 0 Å². The first kappa shape index (κ1) is 8.23. The molecule has 3 heterocycles. The van der Waals surface area contributed by atoms with E-state index in [4.69, 9.17) is 0 Å². The van der Waals surface area contributed by atoms with E-state index in [1.807, 2.05) is 43.7 Å². The second-order valence-electron chi connectivity index (χ2n) is 3.50. The molecule has 0 aliphatic carbocycles. The highest BCUT2D eigenvalue weighted by Crippen LogP contribution is 2.16. The highest BCUT2D eigenvalue weighted by Gasteiger charge is 2.02. The van der Waals surface area contributed by atoms with Crippen molar-refractivity contribution < 1.29 is 0 Å². The lowest BCUT2D eigenvalue weighted by molar-refractivity contribution is 0.941. The fourth-order valence-corrected chi connectivity index (χ4v) is 1.64. The number of rotatable bonds is 1. The molecule has 4 heteroatoms. The summed E-state index contributed by atoms with van der Waals surface area (Å²) in [6.45, 7) is 1.96. The van der Waals surface area contributed by atoms with Crippen molar-refractivity contribution in [2.45, 2.75) is 6.92 Å². The molecule has 0 atom stereocenters. The van der Waals surface area contributed by atoms with Crippen LogP contribution in [0.2, 0.25) is 0 Å². The quantitative estimate of drug-likeness (QED) is 0.650. The number of hydrogen-bond acceptors (Lipinski definition) is 2. The summed E-state index contributed by atoms with van der Waals surface area (Å²) in [6.07, 6.45) is 5.74. The third kappa shape index (κ3) is 1.30. The van der Waals surface area contributed by atoms with Crippen molar-refractivity contribution in [3.8, 4) is 11.3 Å². The zero-order chi connectivity index (χ0) is 10.3. The number of hydrogen-bond donors (Lipinski definition) is 1. The predicted octanol–water partition coefficient (Wildman–Crippen LogP) is 2.03. The molecule has 0 aliphatic heterocycles. The number of H-pyrrole nitrogens is 1. The average Bonchev–Trinajstić information content (AvgIpc) is 2.82. The van der Waals surface area contributed by atoms with Gasteiger partial charge < -0.3 is 4.98 Å². The number of imidazole rings is 1. The minimum Gasteiger partial charge on any atom is -0.367 e. The number of nitrogens with one attached hydrogen (secondary N) is 1. The van der Waals surface area contributed by atoms with E-state index in [2.05, 4.69) is 15.1 Å². The Balaban J connectivity index is 2.21. The van der Waals surface area contributed by atoms with Crippen LogP contribution in [0.5, 0.6) is 0 Å². The van der Waals surface area contributed by atoms with Crippen molar-refractivity contribution in [1.82, 2.24) is 19.6 Å². The zero-order valence-electron chi connectivity index (χ0n) is 8.31. The third-order valence-electron chi connectivity index (χ3n) is 2.33. The summed E-state index contributed by atoms with van der Waals surface area (Å²) < 4.78 is 1.80. The average molecular weight is 198 g/mol. The topological polar surface area (TPSA) is 46.0 Å². The van der Waals surface area contributed by atoms with Gasteiger partial charge in [-0.3, -0.25) is 0 Å². The van der Waals surface area contributed by atoms with Gasteiger partial charge in [-0.15, -0.1) is 0 Å². The Bertz CT molecular complexity index is 592. The Hall–Kier alpha value is -2.10. The number of aryl methyl sites for hydroxylation is 1. The van der Waals surface area contributed by atoms with Crippen LogP contribution in [0.15, 0.2) is 36.8 Å². The fraction of sp³-hybridized carbons (Fsp3) is 0.0909. The number of aromatic nitrogens is 4. The Morgan fingerprint density at radius 2 is 2.20 bits per heavy atom. The SMILES string of the molecule is Cc1cn2nc(-c3cc[nH]c3)ccc2n1. The van der Waals surface area contributed by atoms with Gasteiger partial charge in [-0.05, 0) is 25.1 Å². The van der Waals surface area contributed by atoms with Crippen molar-refractivity contribution in [3.05, 3.63) is 42.5 Å². The van der Waals surface area contributed by atoms with Gasteiger partial charge in [-0.25, -0.2) is 9.50 Å². The number of aromatic amines is 1. The van der Waals surface area contributed by atoms with Crippen molar-refractivity contribution in [1.29, 1.82) is 0 Å². The Kier molecular flexibility index (Phi) is 1.62. The van der Waals surface area contributed by atoms with E-state index in [1.54, 1.807) is 4.52 Å². The van der Waals surface area contributed by atoms with Gasteiger partial charge >= 0.3 is 0 Å². The van der Waals surface area contributed by atoms with Crippen LogP contribution < -0.4 is 0 Å². The van der Waals surface area contributed by atoms with Gasteiger partial charge in [0.05, 0.1) is 17.6 Å². The first-order valence-electron chi connectivity index (χ1n) is 4.79. The van der Waals surface area contributed by atoms with Gasteiger partial charge in [-0.2, -0.15) is 5.10 Å². The zero-order valence-corrected chi connectivity index (χ0v) is 8.31. The molecule has 0 radical (unpaired) electrons. The summed E-state index contributed by atoms with van der Waals surface area (Å²) in [4.78, 5) is 7.34. The van der Waals surface area contributed by atoms with Crippen LogP contribution in [-0.2, 0) is 0 Å². The second kappa shape index (κ2) is 2.95. The summed E-state index contributed by atoms with van der Waals surface area (Å²) in [5.41, 5.74) is 3.89. The van der Waals surface area contributed by atoms with Crippen molar-refractivity contribution >= 4 is 5.65 Å². The Morgan fingerprint density at radius 1 is 1.27 bits per heavy atom. The minimum atomic E-state index is 0.881. The predicted molar refractivity (Wildman–Crippen MR) is 57.5 cm³/mol. The van der Waals surface area contributed by atoms with E-state index in [0.29, 0.717) is 0 Å². The molecule has 0 aromatic carbocycles. The lowest BCUT2D eigenvalue weighted by atomic mass is 10.2. The van der Waals surface area contributed by atoms with E-state index in [1.165, 1.54) is 0 Å². The molecule has 3 aromatic rings. The molecule has 0 fully saturated rings. The molecule has 74 valence electrons. The van der Waals surface area contributed by atoms with E-state index >= 15 is 0 Å². The van der Waals surface area contributed by atoms with Crippen molar-refractivity contribution in [2.24, 2.45) is 0 Å². The molecular weight excluding hydrogens is 188 g/mol. The molecule has 0 saturated heterocycles. The lowest BCUT2D eigenvalue weighted by Crippen LogP contribution is -1.91. The molecule has 3 rings (SSSR count). The van der Waals surface area contributed by atoms with Crippen LogP contribution in [-0.4, -0.2) is 19.6 Å². The first-order valence-corrected chi connectivity index (χ1v) is 4.79. The maximum atomic E-state index is 4.47. The van der Waals surface area contributed by atoms with E-state index in [0.717, 1.165) is 22.6 Å². The van der Waals surface area contributed by atoms with Crippen LogP contribution in [0, 0.1) is 6.92 Å². The molecule has 3 aromatic heterocycles. The Labute approximate surface area is 86.6 Å². The third-order valence-corrected chi connectivity index (χ3v) is 2.33. The molecule has 0 aliphatic rings. The first-order chi connectivity index (χ1) is 7.33. The standard InChI is InChI=1S/C11H10N4/c1-8-7-15-11(13-8)3-2-10(14-15)9-4-5-12-6-9/h2-7,12H,1H3.